The van der Waals surface area contributed by atoms with Gasteiger partial charge in [-0.2, -0.15) is 0 Å². The summed E-state index contributed by atoms with van der Waals surface area (Å²) in [4.78, 5) is 0. The number of hydrogen-bond acceptors (Lipinski definition) is 2. The maximum atomic E-state index is 9.64. The van der Waals surface area contributed by atoms with E-state index in [1.54, 1.807) is 0 Å². The van der Waals surface area contributed by atoms with Crippen molar-refractivity contribution in [2.75, 3.05) is 6.61 Å². The summed E-state index contributed by atoms with van der Waals surface area (Å²) < 4.78 is 5.54. The van der Waals surface area contributed by atoms with E-state index in [0.717, 1.165) is 32.3 Å². The van der Waals surface area contributed by atoms with Crippen LogP contribution in [0.2, 0.25) is 0 Å². The van der Waals surface area contributed by atoms with Gasteiger partial charge in [0.15, 0.2) is 0 Å². The number of aliphatic hydroxyl groups is 1. The molecule has 0 aromatic carbocycles. The Hall–Kier alpha value is -0.0800. The molecule has 1 fully saturated rings. The molecular formula is C10H20O2. The van der Waals surface area contributed by atoms with Crippen LogP contribution in [0, 0.1) is 5.92 Å². The highest BCUT2D eigenvalue weighted by molar-refractivity contribution is 4.75. The minimum atomic E-state index is -0.108. The molecular weight excluding hydrogens is 152 g/mol. The first kappa shape index (κ1) is 10.0. The average molecular weight is 172 g/mol. The lowest BCUT2D eigenvalue weighted by molar-refractivity contribution is -0.0451. The molecule has 0 aliphatic carbocycles. The fourth-order valence-corrected chi connectivity index (χ4v) is 1.88. The van der Waals surface area contributed by atoms with Crippen molar-refractivity contribution in [2.45, 2.75) is 51.7 Å². The molecule has 2 heteroatoms. The zero-order valence-electron chi connectivity index (χ0n) is 8.12. The van der Waals surface area contributed by atoms with E-state index < -0.39 is 0 Å². The van der Waals surface area contributed by atoms with Crippen LogP contribution in [-0.2, 0) is 4.74 Å². The van der Waals surface area contributed by atoms with E-state index in [1.807, 2.05) is 6.92 Å². The van der Waals surface area contributed by atoms with Crippen LogP contribution >= 0.6 is 0 Å². The highest BCUT2D eigenvalue weighted by Crippen LogP contribution is 2.25. The Morgan fingerprint density at radius 1 is 1.50 bits per heavy atom. The molecule has 1 N–H and O–H groups in total. The zero-order valence-corrected chi connectivity index (χ0v) is 8.12. The second kappa shape index (κ2) is 4.83. The number of ether oxygens (including phenoxy) is 1. The van der Waals surface area contributed by atoms with Gasteiger partial charge in [0.05, 0.1) is 12.2 Å². The molecule has 1 saturated heterocycles. The van der Waals surface area contributed by atoms with Gasteiger partial charge in [0, 0.05) is 6.61 Å². The van der Waals surface area contributed by atoms with Crippen LogP contribution in [0.3, 0.4) is 0 Å². The lowest BCUT2D eigenvalue weighted by Gasteiger charge is -2.31. The van der Waals surface area contributed by atoms with Gasteiger partial charge >= 0.3 is 0 Å². The molecule has 0 aromatic heterocycles. The van der Waals surface area contributed by atoms with Crippen LogP contribution in [0.15, 0.2) is 0 Å². The monoisotopic (exact) mass is 172 g/mol. The minimum absolute atomic E-state index is 0.108. The average Bonchev–Trinajstić information content (AvgIpc) is 2.17. The van der Waals surface area contributed by atoms with Gasteiger partial charge in [0.1, 0.15) is 0 Å². The lowest BCUT2D eigenvalue weighted by Crippen LogP contribution is -2.32. The molecule has 1 aliphatic rings. The third kappa shape index (κ3) is 2.46. The normalized spacial score (nSPS) is 33.2. The molecule has 12 heavy (non-hydrogen) atoms. The van der Waals surface area contributed by atoms with Crippen molar-refractivity contribution in [1.82, 2.24) is 0 Å². The Morgan fingerprint density at radius 3 is 2.83 bits per heavy atom. The summed E-state index contributed by atoms with van der Waals surface area (Å²) in [5.41, 5.74) is 0. The van der Waals surface area contributed by atoms with Crippen molar-refractivity contribution in [3.05, 3.63) is 0 Å². The Labute approximate surface area is 74.9 Å². The summed E-state index contributed by atoms with van der Waals surface area (Å²) in [5.74, 6) is 0.480. The molecule has 3 unspecified atom stereocenters. The van der Waals surface area contributed by atoms with Gasteiger partial charge in [-0.3, -0.25) is 0 Å². The van der Waals surface area contributed by atoms with E-state index in [2.05, 4.69) is 6.92 Å². The molecule has 0 spiro atoms. The Morgan fingerprint density at radius 2 is 2.25 bits per heavy atom. The van der Waals surface area contributed by atoms with Gasteiger partial charge in [-0.15, -0.1) is 0 Å². The molecule has 0 aromatic rings. The molecule has 2 nitrogen and oxygen atoms in total. The number of aliphatic hydroxyl groups excluding tert-OH is 1. The zero-order chi connectivity index (χ0) is 8.97. The first-order valence-electron chi connectivity index (χ1n) is 5.07. The molecule has 1 heterocycles. The van der Waals surface area contributed by atoms with Crippen LogP contribution in [0.5, 0.6) is 0 Å². The van der Waals surface area contributed by atoms with Crippen molar-refractivity contribution in [3.8, 4) is 0 Å². The highest BCUT2D eigenvalue weighted by atomic mass is 16.5. The molecule has 72 valence electrons. The quantitative estimate of drug-likeness (QED) is 0.705. The molecule has 0 radical (unpaired) electrons. The fourth-order valence-electron chi connectivity index (χ4n) is 1.88. The minimum Gasteiger partial charge on any atom is -0.393 e. The predicted molar refractivity (Wildman–Crippen MR) is 49.1 cm³/mol. The molecule has 0 saturated carbocycles. The Bertz CT molecular complexity index is 123. The summed E-state index contributed by atoms with van der Waals surface area (Å²) >= 11 is 0. The van der Waals surface area contributed by atoms with E-state index in [-0.39, 0.29) is 6.10 Å². The second-order valence-electron chi connectivity index (χ2n) is 3.66. The van der Waals surface area contributed by atoms with Crippen LogP contribution in [0.1, 0.15) is 39.5 Å². The summed E-state index contributed by atoms with van der Waals surface area (Å²) in [6.07, 6.45) is 4.32. The van der Waals surface area contributed by atoms with Crippen LogP contribution in [0.4, 0.5) is 0 Å². The first-order chi connectivity index (χ1) is 5.77. The summed E-state index contributed by atoms with van der Waals surface area (Å²) in [6.45, 7) is 5.02. The Balaban J connectivity index is 2.34. The highest BCUT2D eigenvalue weighted by Gasteiger charge is 2.25. The van der Waals surface area contributed by atoms with Crippen LogP contribution in [-0.4, -0.2) is 23.9 Å². The van der Waals surface area contributed by atoms with Crippen molar-refractivity contribution in [3.63, 3.8) is 0 Å². The standard InChI is InChI=1S/C10H20O2/c1-3-9-7-8(5-6-12-9)10(11)4-2/h8-11H,3-7H2,1-2H3. The third-order valence-corrected chi connectivity index (χ3v) is 2.83. The largest absolute Gasteiger partial charge is 0.393 e. The van der Waals surface area contributed by atoms with Crippen molar-refractivity contribution in [1.29, 1.82) is 0 Å². The third-order valence-electron chi connectivity index (χ3n) is 2.83. The summed E-state index contributed by atoms with van der Waals surface area (Å²) in [5, 5.41) is 9.64. The van der Waals surface area contributed by atoms with Crippen LogP contribution in [0.25, 0.3) is 0 Å². The second-order valence-corrected chi connectivity index (χ2v) is 3.66. The van der Waals surface area contributed by atoms with Crippen molar-refractivity contribution < 1.29 is 9.84 Å². The topological polar surface area (TPSA) is 29.5 Å². The fraction of sp³-hybridized carbons (Fsp3) is 1.00. The summed E-state index contributed by atoms with van der Waals surface area (Å²) in [7, 11) is 0. The van der Waals surface area contributed by atoms with Gasteiger partial charge in [0.2, 0.25) is 0 Å². The van der Waals surface area contributed by atoms with Crippen LogP contribution < -0.4 is 0 Å². The lowest BCUT2D eigenvalue weighted by atomic mass is 9.88. The van der Waals surface area contributed by atoms with E-state index in [9.17, 15) is 5.11 Å². The summed E-state index contributed by atoms with van der Waals surface area (Å²) in [6, 6.07) is 0. The number of rotatable bonds is 3. The smallest absolute Gasteiger partial charge is 0.0576 e. The Kier molecular flexibility index (Phi) is 4.02. The molecule has 0 amide bonds. The number of hydrogen-bond donors (Lipinski definition) is 1. The van der Waals surface area contributed by atoms with Gasteiger partial charge in [-0.05, 0) is 31.6 Å². The first-order valence-corrected chi connectivity index (χ1v) is 5.07. The van der Waals surface area contributed by atoms with Gasteiger partial charge in [0.25, 0.3) is 0 Å². The maximum absolute atomic E-state index is 9.64. The van der Waals surface area contributed by atoms with E-state index in [4.69, 9.17) is 4.74 Å². The molecule has 1 aliphatic heterocycles. The van der Waals surface area contributed by atoms with E-state index in [0.29, 0.717) is 12.0 Å². The SMILES string of the molecule is CCC1CC(C(O)CC)CCO1. The predicted octanol–water partition coefficient (Wildman–Crippen LogP) is 1.96. The molecule has 1 rings (SSSR count). The maximum Gasteiger partial charge on any atom is 0.0576 e. The van der Waals surface area contributed by atoms with Gasteiger partial charge < -0.3 is 9.84 Å². The van der Waals surface area contributed by atoms with Crippen molar-refractivity contribution >= 4 is 0 Å². The molecule has 3 atom stereocenters. The van der Waals surface area contributed by atoms with Gasteiger partial charge in [-0.25, -0.2) is 0 Å². The molecule has 0 bridgehead atoms. The van der Waals surface area contributed by atoms with E-state index >= 15 is 0 Å². The van der Waals surface area contributed by atoms with Crippen molar-refractivity contribution in [2.24, 2.45) is 5.92 Å². The van der Waals surface area contributed by atoms with Gasteiger partial charge in [-0.1, -0.05) is 13.8 Å². The van der Waals surface area contributed by atoms with E-state index in [1.165, 1.54) is 0 Å².